The number of ether oxygens (including phenoxy) is 1. The summed E-state index contributed by atoms with van der Waals surface area (Å²) in [6.45, 7) is -0.161. The molecular weight excluding hydrogens is 401 g/mol. The maximum atomic E-state index is 12.5. The number of rotatable bonds is 6. The molecule has 0 bridgehead atoms. The predicted molar refractivity (Wildman–Crippen MR) is 94.7 cm³/mol. The van der Waals surface area contributed by atoms with Crippen molar-refractivity contribution in [3.8, 4) is 16.3 Å². The van der Waals surface area contributed by atoms with Gasteiger partial charge in [-0.15, -0.1) is 24.5 Å². The van der Waals surface area contributed by atoms with Gasteiger partial charge in [0.25, 0.3) is 0 Å². The highest BCUT2D eigenvalue weighted by molar-refractivity contribution is 7.89. The zero-order valence-corrected chi connectivity index (χ0v) is 15.2. The minimum absolute atomic E-state index is 0.161. The quantitative estimate of drug-likeness (QED) is 0.657. The van der Waals surface area contributed by atoms with E-state index in [9.17, 15) is 21.6 Å². The van der Waals surface area contributed by atoms with Crippen LogP contribution in [-0.4, -0.2) is 19.8 Å². The number of halogens is 3. The second kappa shape index (κ2) is 7.67. The van der Waals surface area contributed by atoms with Crippen molar-refractivity contribution in [2.24, 2.45) is 0 Å². The smallest absolute Gasteiger partial charge is 0.404 e. The fourth-order valence-electron chi connectivity index (χ4n) is 2.23. The fraction of sp³-hybridized carbons (Fsp3) is 0.118. The Kier molecular flexibility index (Phi) is 5.49. The van der Waals surface area contributed by atoms with Crippen LogP contribution in [0.25, 0.3) is 10.6 Å². The van der Waals surface area contributed by atoms with Crippen molar-refractivity contribution in [1.82, 2.24) is 9.71 Å². The van der Waals surface area contributed by atoms with Gasteiger partial charge in [0.15, 0.2) is 0 Å². The molecule has 0 atom stereocenters. The molecule has 0 amide bonds. The highest BCUT2D eigenvalue weighted by Gasteiger charge is 2.33. The van der Waals surface area contributed by atoms with Crippen molar-refractivity contribution in [1.29, 1.82) is 0 Å². The monoisotopic (exact) mass is 414 g/mol. The van der Waals surface area contributed by atoms with Gasteiger partial charge in [-0.3, -0.25) is 0 Å². The maximum Gasteiger partial charge on any atom is 0.573 e. The summed E-state index contributed by atoms with van der Waals surface area (Å²) in [5.41, 5.74) is 1.34. The Morgan fingerprint density at radius 2 is 1.70 bits per heavy atom. The maximum absolute atomic E-state index is 12.5. The molecule has 0 radical (unpaired) electrons. The van der Waals surface area contributed by atoms with Gasteiger partial charge in [0.2, 0.25) is 10.0 Å². The van der Waals surface area contributed by atoms with Gasteiger partial charge in [-0.1, -0.05) is 42.5 Å². The van der Waals surface area contributed by atoms with E-state index in [0.29, 0.717) is 10.7 Å². The average molecular weight is 414 g/mol. The Balaban J connectivity index is 1.76. The van der Waals surface area contributed by atoms with Crippen LogP contribution in [0, 0.1) is 0 Å². The van der Waals surface area contributed by atoms with Crippen molar-refractivity contribution in [2.75, 3.05) is 0 Å². The lowest BCUT2D eigenvalue weighted by Gasteiger charge is -2.13. The van der Waals surface area contributed by atoms with E-state index >= 15 is 0 Å². The SMILES string of the molecule is O=S(=O)(NCc1csc(-c2ccccc2)n1)c1ccccc1OC(F)(F)F. The van der Waals surface area contributed by atoms with Crippen molar-refractivity contribution >= 4 is 21.4 Å². The summed E-state index contributed by atoms with van der Waals surface area (Å²) in [7, 11) is -4.23. The third kappa shape index (κ3) is 5.06. The fourth-order valence-corrected chi connectivity index (χ4v) is 4.18. The molecule has 0 saturated carbocycles. The molecule has 1 N–H and O–H groups in total. The van der Waals surface area contributed by atoms with Crippen LogP contribution < -0.4 is 9.46 Å². The van der Waals surface area contributed by atoms with Gasteiger partial charge < -0.3 is 4.74 Å². The number of para-hydroxylation sites is 1. The van der Waals surface area contributed by atoms with Crippen molar-refractivity contribution < 1.29 is 26.3 Å². The number of nitrogens with zero attached hydrogens (tertiary/aromatic N) is 1. The number of aromatic nitrogens is 1. The number of hydrogen-bond acceptors (Lipinski definition) is 5. The van der Waals surface area contributed by atoms with Crippen molar-refractivity contribution in [3.05, 3.63) is 65.7 Å². The van der Waals surface area contributed by atoms with Crippen LogP contribution in [-0.2, 0) is 16.6 Å². The van der Waals surface area contributed by atoms with E-state index in [1.807, 2.05) is 30.3 Å². The van der Waals surface area contributed by atoms with Crippen LogP contribution in [0.1, 0.15) is 5.69 Å². The third-order valence-corrected chi connectivity index (χ3v) is 5.76. The van der Waals surface area contributed by atoms with Crippen LogP contribution in [0.3, 0.4) is 0 Å². The number of thiazole rings is 1. The standard InChI is InChI=1S/C17H13F3N2O3S2/c18-17(19,20)25-14-8-4-5-9-15(14)27(23,24)21-10-13-11-26-16(22-13)12-6-2-1-3-7-12/h1-9,11,21H,10H2. The molecule has 10 heteroatoms. The van der Waals surface area contributed by atoms with E-state index in [-0.39, 0.29) is 6.54 Å². The third-order valence-electron chi connectivity index (χ3n) is 3.38. The Labute approximate surface area is 157 Å². The molecule has 5 nitrogen and oxygen atoms in total. The van der Waals surface area contributed by atoms with Gasteiger partial charge >= 0.3 is 6.36 Å². The first-order chi connectivity index (χ1) is 12.7. The summed E-state index contributed by atoms with van der Waals surface area (Å²) in [5.74, 6) is -0.791. The van der Waals surface area contributed by atoms with Gasteiger partial charge in [-0.25, -0.2) is 18.1 Å². The number of alkyl halides is 3. The molecule has 1 heterocycles. The lowest BCUT2D eigenvalue weighted by Crippen LogP contribution is -2.25. The number of nitrogens with one attached hydrogen (secondary N) is 1. The average Bonchev–Trinajstić information content (AvgIpc) is 3.09. The Morgan fingerprint density at radius 1 is 1.04 bits per heavy atom. The first-order valence-corrected chi connectivity index (χ1v) is 9.95. The molecular formula is C17H13F3N2O3S2. The second-order valence-electron chi connectivity index (χ2n) is 5.33. The van der Waals surface area contributed by atoms with Crippen LogP contribution >= 0.6 is 11.3 Å². The van der Waals surface area contributed by atoms with Crippen molar-refractivity contribution in [2.45, 2.75) is 17.8 Å². The molecule has 27 heavy (non-hydrogen) atoms. The Bertz CT molecular complexity index is 1020. The molecule has 3 rings (SSSR count). The molecule has 142 valence electrons. The lowest BCUT2D eigenvalue weighted by atomic mass is 10.2. The molecule has 0 aliphatic heterocycles. The summed E-state index contributed by atoms with van der Waals surface area (Å²) in [5, 5.41) is 2.40. The summed E-state index contributed by atoms with van der Waals surface area (Å²) < 4.78 is 68.3. The van der Waals surface area contributed by atoms with Crippen LogP contribution in [0.15, 0.2) is 64.9 Å². The lowest BCUT2D eigenvalue weighted by molar-refractivity contribution is -0.275. The minimum atomic E-state index is -4.99. The first kappa shape index (κ1) is 19.3. The largest absolute Gasteiger partial charge is 0.573 e. The molecule has 3 aromatic rings. The van der Waals surface area contributed by atoms with Gasteiger partial charge in [0.05, 0.1) is 12.2 Å². The van der Waals surface area contributed by atoms with E-state index in [4.69, 9.17) is 0 Å². The van der Waals surface area contributed by atoms with Gasteiger partial charge in [0, 0.05) is 10.9 Å². The summed E-state index contributed by atoms with van der Waals surface area (Å²) >= 11 is 1.34. The molecule has 0 unspecified atom stereocenters. The molecule has 0 saturated heterocycles. The van der Waals surface area contributed by atoms with Gasteiger partial charge in [-0.05, 0) is 12.1 Å². The first-order valence-electron chi connectivity index (χ1n) is 7.59. The molecule has 0 fully saturated rings. The predicted octanol–water partition coefficient (Wildman–Crippen LogP) is 4.19. The molecule has 1 aromatic heterocycles. The number of benzene rings is 2. The van der Waals surface area contributed by atoms with E-state index in [1.165, 1.54) is 23.5 Å². The van der Waals surface area contributed by atoms with Crippen LogP contribution in [0.5, 0.6) is 5.75 Å². The zero-order chi connectivity index (χ0) is 19.5. The van der Waals surface area contributed by atoms with E-state index in [1.54, 1.807) is 5.38 Å². The van der Waals surface area contributed by atoms with Gasteiger partial charge in [-0.2, -0.15) is 0 Å². The highest BCUT2D eigenvalue weighted by Crippen LogP contribution is 2.29. The summed E-state index contributed by atoms with van der Waals surface area (Å²) in [6.07, 6.45) is -4.99. The number of sulfonamides is 1. The minimum Gasteiger partial charge on any atom is -0.404 e. The topological polar surface area (TPSA) is 68.3 Å². The summed E-state index contributed by atoms with van der Waals surface area (Å²) in [4.78, 5) is 3.74. The van der Waals surface area contributed by atoms with Gasteiger partial charge in [0.1, 0.15) is 15.7 Å². The molecule has 0 aliphatic rings. The molecule has 0 aliphatic carbocycles. The zero-order valence-electron chi connectivity index (χ0n) is 13.6. The number of hydrogen-bond donors (Lipinski definition) is 1. The summed E-state index contributed by atoms with van der Waals surface area (Å²) in [6, 6.07) is 13.9. The van der Waals surface area contributed by atoms with Crippen molar-refractivity contribution in [3.63, 3.8) is 0 Å². The van der Waals surface area contributed by atoms with Crippen LogP contribution in [0.4, 0.5) is 13.2 Å². The highest BCUT2D eigenvalue weighted by atomic mass is 32.2. The Morgan fingerprint density at radius 3 is 2.41 bits per heavy atom. The molecule has 0 spiro atoms. The second-order valence-corrected chi connectivity index (χ2v) is 7.92. The molecule has 2 aromatic carbocycles. The van der Waals surface area contributed by atoms with E-state index in [0.717, 1.165) is 17.7 Å². The van der Waals surface area contributed by atoms with Crippen LogP contribution in [0.2, 0.25) is 0 Å². The van der Waals surface area contributed by atoms with E-state index in [2.05, 4.69) is 14.4 Å². The Hall–Kier alpha value is -2.43. The normalized spacial score (nSPS) is 12.1. The van der Waals surface area contributed by atoms with E-state index < -0.39 is 27.0 Å².